The fourth-order valence-electron chi connectivity index (χ4n) is 2.54. The van der Waals surface area contributed by atoms with Gasteiger partial charge in [-0.25, -0.2) is 0 Å². The van der Waals surface area contributed by atoms with E-state index in [4.69, 9.17) is 4.74 Å². The summed E-state index contributed by atoms with van der Waals surface area (Å²) in [4.78, 5) is 4.66. The summed E-state index contributed by atoms with van der Waals surface area (Å²) in [5.41, 5.74) is 2.19. The Hall–Kier alpha value is -1.45. The molecule has 100 valence electrons. The zero-order chi connectivity index (χ0) is 12.9. The molecule has 3 heteroatoms. The number of rotatable bonds is 5. The van der Waals surface area contributed by atoms with Gasteiger partial charge in [-0.1, -0.05) is 24.3 Å². The van der Waals surface area contributed by atoms with E-state index < -0.39 is 0 Å². The topological polar surface area (TPSA) is 34.2 Å². The van der Waals surface area contributed by atoms with E-state index in [9.17, 15) is 0 Å². The molecular weight excluding hydrogens is 236 g/mol. The van der Waals surface area contributed by atoms with E-state index >= 15 is 0 Å². The number of hydrogen-bond acceptors (Lipinski definition) is 3. The highest BCUT2D eigenvalue weighted by atomic mass is 16.5. The SMILES string of the molecule is c1ccc2nc(CNCCC3CCOC3)ccc2c1. The first kappa shape index (κ1) is 12.6. The third-order valence-corrected chi connectivity index (χ3v) is 3.72. The third kappa shape index (κ3) is 3.31. The van der Waals surface area contributed by atoms with E-state index in [0.717, 1.165) is 43.4 Å². The van der Waals surface area contributed by atoms with Gasteiger partial charge in [0.15, 0.2) is 0 Å². The van der Waals surface area contributed by atoms with Crippen molar-refractivity contribution in [3.63, 3.8) is 0 Å². The number of pyridine rings is 1. The minimum Gasteiger partial charge on any atom is -0.381 e. The van der Waals surface area contributed by atoms with E-state index in [1.807, 2.05) is 12.1 Å². The second-order valence-corrected chi connectivity index (χ2v) is 5.19. The molecule has 19 heavy (non-hydrogen) atoms. The minimum atomic E-state index is 0.747. The molecule has 1 aliphatic rings. The van der Waals surface area contributed by atoms with E-state index in [1.165, 1.54) is 18.2 Å². The van der Waals surface area contributed by atoms with E-state index in [0.29, 0.717) is 0 Å². The van der Waals surface area contributed by atoms with Crippen molar-refractivity contribution in [2.75, 3.05) is 19.8 Å². The van der Waals surface area contributed by atoms with Crippen LogP contribution in [0.4, 0.5) is 0 Å². The van der Waals surface area contributed by atoms with Crippen LogP contribution in [0.25, 0.3) is 10.9 Å². The highest BCUT2D eigenvalue weighted by Gasteiger charge is 2.14. The predicted molar refractivity (Wildman–Crippen MR) is 77.0 cm³/mol. The maximum atomic E-state index is 5.38. The summed E-state index contributed by atoms with van der Waals surface area (Å²) in [5, 5.41) is 4.68. The second-order valence-electron chi connectivity index (χ2n) is 5.19. The van der Waals surface area contributed by atoms with E-state index in [1.54, 1.807) is 0 Å². The summed E-state index contributed by atoms with van der Waals surface area (Å²) < 4.78 is 5.38. The molecule has 0 spiro atoms. The van der Waals surface area contributed by atoms with E-state index in [2.05, 4.69) is 34.6 Å². The van der Waals surface area contributed by atoms with Crippen LogP contribution in [0.2, 0.25) is 0 Å². The monoisotopic (exact) mass is 256 g/mol. The Labute approximate surface area is 114 Å². The molecule has 3 nitrogen and oxygen atoms in total. The molecule has 0 aliphatic carbocycles. The van der Waals surface area contributed by atoms with Crippen molar-refractivity contribution in [3.8, 4) is 0 Å². The van der Waals surface area contributed by atoms with Crippen LogP contribution in [0.3, 0.4) is 0 Å². The van der Waals surface area contributed by atoms with Gasteiger partial charge in [0.05, 0.1) is 11.2 Å². The fraction of sp³-hybridized carbons (Fsp3) is 0.438. The summed E-state index contributed by atoms with van der Waals surface area (Å²) in [7, 11) is 0. The van der Waals surface area contributed by atoms with Gasteiger partial charge in [-0.3, -0.25) is 4.98 Å². The number of nitrogens with zero attached hydrogens (tertiary/aromatic N) is 1. The van der Waals surface area contributed by atoms with Crippen LogP contribution in [0.1, 0.15) is 18.5 Å². The Morgan fingerprint density at radius 2 is 2.16 bits per heavy atom. The highest BCUT2D eigenvalue weighted by Crippen LogP contribution is 2.15. The van der Waals surface area contributed by atoms with Crippen LogP contribution in [-0.4, -0.2) is 24.7 Å². The number of nitrogens with one attached hydrogen (secondary N) is 1. The second kappa shape index (κ2) is 6.13. The molecule has 0 saturated carbocycles. The van der Waals surface area contributed by atoms with Crippen molar-refractivity contribution in [2.24, 2.45) is 5.92 Å². The number of hydrogen-bond donors (Lipinski definition) is 1. The highest BCUT2D eigenvalue weighted by molar-refractivity contribution is 5.78. The molecule has 1 aliphatic heterocycles. The fourth-order valence-corrected chi connectivity index (χ4v) is 2.54. The Morgan fingerprint density at radius 1 is 1.21 bits per heavy atom. The summed E-state index contributed by atoms with van der Waals surface area (Å²) in [5.74, 6) is 0.747. The molecule has 1 aromatic heterocycles. The molecule has 0 bridgehead atoms. The van der Waals surface area contributed by atoms with E-state index in [-0.39, 0.29) is 0 Å². The van der Waals surface area contributed by atoms with Crippen LogP contribution in [0.5, 0.6) is 0 Å². The lowest BCUT2D eigenvalue weighted by Gasteiger charge is -2.08. The maximum Gasteiger partial charge on any atom is 0.0705 e. The molecule has 1 unspecified atom stereocenters. The molecular formula is C16H20N2O. The van der Waals surface area contributed by atoms with Gasteiger partial charge in [0.1, 0.15) is 0 Å². The average Bonchev–Trinajstić information content (AvgIpc) is 2.97. The molecule has 2 aromatic rings. The van der Waals surface area contributed by atoms with Gasteiger partial charge < -0.3 is 10.1 Å². The average molecular weight is 256 g/mol. The van der Waals surface area contributed by atoms with Crippen molar-refractivity contribution in [1.82, 2.24) is 10.3 Å². The van der Waals surface area contributed by atoms with Gasteiger partial charge in [-0.05, 0) is 37.4 Å². The van der Waals surface area contributed by atoms with Gasteiger partial charge in [-0.2, -0.15) is 0 Å². The quantitative estimate of drug-likeness (QED) is 0.835. The first-order valence-corrected chi connectivity index (χ1v) is 7.05. The number of aromatic nitrogens is 1. The number of para-hydroxylation sites is 1. The lowest BCUT2D eigenvalue weighted by molar-refractivity contribution is 0.184. The van der Waals surface area contributed by atoms with Crippen molar-refractivity contribution in [2.45, 2.75) is 19.4 Å². The minimum absolute atomic E-state index is 0.747. The van der Waals surface area contributed by atoms with Gasteiger partial charge in [-0.15, -0.1) is 0 Å². The lowest BCUT2D eigenvalue weighted by atomic mass is 10.1. The van der Waals surface area contributed by atoms with Crippen LogP contribution >= 0.6 is 0 Å². The molecule has 1 N–H and O–H groups in total. The smallest absolute Gasteiger partial charge is 0.0705 e. The van der Waals surface area contributed by atoms with Crippen LogP contribution in [0, 0.1) is 5.92 Å². The molecule has 0 radical (unpaired) electrons. The summed E-state index contributed by atoms with van der Waals surface area (Å²) in [6.45, 7) is 3.77. The Balaban J connectivity index is 1.50. The first-order valence-electron chi connectivity index (χ1n) is 7.05. The van der Waals surface area contributed by atoms with Crippen molar-refractivity contribution >= 4 is 10.9 Å². The molecule has 1 fully saturated rings. The predicted octanol–water partition coefficient (Wildman–Crippen LogP) is 2.75. The number of fused-ring (bicyclic) bond motifs is 1. The molecule has 1 atom stereocenters. The molecule has 0 amide bonds. The summed E-state index contributed by atoms with van der Waals surface area (Å²) >= 11 is 0. The lowest BCUT2D eigenvalue weighted by Crippen LogP contribution is -2.18. The Bertz CT molecular complexity index is 535. The molecule has 1 saturated heterocycles. The van der Waals surface area contributed by atoms with Gasteiger partial charge in [0.25, 0.3) is 0 Å². The van der Waals surface area contributed by atoms with Gasteiger partial charge in [0.2, 0.25) is 0 Å². The zero-order valence-electron chi connectivity index (χ0n) is 11.1. The first-order chi connectivity index (χ1) is 9.42. The van der Waals surface area contributed by atoms with Gasteiger partial charge >= 0.3 is 0 Å². The van der Waals surface area contributed by atoms with Crippen LogP contribution in [0.15, 0.2) is 36.4 Å². The van der Waals surface area contributed by atoms with Crippen molar-refractivity contribution in [1.29, 1.82) is 0 Å². The van der Waals surface area contributed by atoms with Crippen molar-refractivity contribution < 1.29 is 4.74 Å². The molecule has 1 aromatic carbocycles. The number of benzene rings is 1. The normalized spacial score (nSPS) is 19.1. The van der Waals surface area contributed by atoms with Crippen LogP contribution in [-0.2, 0) is 11.3 Å². The van der Waals surface area contributed by atoms with Crippen LogP contribution < -0.4 is 5.32 Å². The standard InChI is InChI=1S/C16H20N2O/c1-2-4-16-14(3-1)5-6-15(18-16)11-17-9-7-13-8-10-19-12-13/h1-6,13,17H,7-12H2. The zero-order valence-corrected chi connectivity index (χ0v) is 11.1. The van der Waals surface area contributed by atoms with Crippen molar-refractivity contribution in [3.05, 3.63) is 42.1 Å². The Morgan fingerprint density at radius 3 is 3.05 bits per heavy atom. The number of ether oxygens (including phenoxy) is 1. The Kier molecular flexibility index (Phi) is 4.06. The summed E-state index contributed by atoms with van der Waals surface area (Å²) in [6.07, 6.45) is 2.42. The third-order valence-electron chi connectivity index (χ3n) is 3.72. The largest absolute Gasteiger partial charge is 0.381 e. The molecule has 3 rings (SSSR count). The molecule has 2 heterocycles. The van der Waals surface area contributed by atoms with Gasteiger partial charge in [0, 0.05) is 25.1 Å². The summed E-state index contributed by atoms with van der Waals surface area (Å²) in [6, 6.07) is 12.5. The maximum absolute atomic E-state index is 5.38.